The van der Waals surface area contributed by atoms with Gasteiger partial charge in [0.25, 0.3) is 0 Å². The van der Waals surface area contributed by atoms with Crippen LogP contribution in [0, 0.1) is 0 Å². The number of benzene rings is 1. The second kappa shape index (κ2) is 4.55. The zero-order chi connectivity index (χ0) is 12.4. The summed E-state index contributed by atoms with van der Waals surface area (Å²) < 4.78 is 0. The maximum atomic E-state index is 11.4. The van der Waals surface area contributed by atoms with E-state index < -0.39 is 6.09 Å². The number of likely N-dealkylation sites (tertiary alicyclic amines) is 1. The molecule has 0 saturated carbocycles. The first-order valence-corrected chi connectivity index (χ1v) is 5.35. The highest BCUT2D eigenvalue weighted by atomic mass is 16.4. The van der Waals surface area contributed by atoms with Crippen LogP contribution in [-0.2, 0) is 11.4 Å². The number of hydrogen-bond donors (Lipinski definition) is 2. The fourth-order valence-electron chi connectivity index (χ4n) is 2.06. The highest BCUT2D eigenvalue weighted by Gasteiger charge is 2.34. The molecule has 0 aliphatic carbocycles. The van der Waals surface area contributed by atoms with Crippen LogP contribution in [-0.4, -0.2) is 33.7 Å². The van der Waals surface area contributed by atoms with Crippen molar-refractivity contribution in [2.24, 2.45) is 0 Å². The summed E-state index contributed by atoms with van der Waals surface area (Å²) in [5.41, 5.74) is 1.66. The molecule has 0 radical (unpaired) electrons. The Labute approximate surface area is 98.3 Å². The van der Waals surface area contributed by atoms with Crippen LogP contribution in [0.4, 0.5) is 4.79 Å². The molecule has 5 heteroatoms. The van der Waals surface area contributed by atoms with Crippen LogP contribution >= 0.6 is 0 Å². The van der Waals surface area contributed by atoms with E-state index in [-0.39, 0.29) is 31.4 Å². The van der Waals surface area contributed by atoms with Gasteiger partial charge in [0, 0.05) is 18.9 Å². The van der Waals surface area contributed by atoms with Crippen molar-refractivity contribution in [2.75, 3.05) is 6.54 Å². The van der Waals surface area contributed by atoms with Crippen LogP contribution < -0.4 is 0 Å². The number of nitrogens with zero attached hydrogens (tertiary/aromatic N) is 1. The van der Waals surface area contributed by atoms with Gasteiger partial charge in [0.15, 0.2) is 0 Å². The van der Waals surface area contributed by atoms with Gasteiger partial charge >= 0.3 is 6.09 Å². The van der Waals surface area contributed by atoms with Gasteiger partial charge in [-0.1, -0.05) is 24.3 Å². The number of amides is 2. The Bertz CT molecular complexity index is 458. The highest BCUT2D eigenvalue weighted by Crippen LogP contribution is 2.28. The van der Waals surface area contributed by atoms with E-state index in [0.29, 0.717) is 0 Å². The fourth-order valence-corrected chi connectivity index (χ4v) is 2.06. The summed E-state index contributed by atoms with van der Waals surface area (Å²) in [4.78, 5) is 23.1. The molecule has 1 unspecified atom stereocenters. The van der Waals surface area contributed by atoms with Crippen LogP contribution in [0.15, 0.2) is 24.3 Å². The molecule has 1 saturated heterocycles. The van der Waals surface area contributed by atoms with Gasteiger partial charge in [-0.25, -0.2) is 9.69 Å². The molecule has 2 rings (SSSR count). The predicted molar refractivity (Wildman–Crippen MR) is 59.5 cm³/mol. The number of imide groups is 1. The van der Waals surface area contributed by atoms with Crippen molar-refractivity contribution >= 4 is 12.0 Å². The second-order valence-corrected chi connectivity index (χ2v) is 4.09. The lowest BCUT2D eigenvalue weighted by molar-refractivity contribution is -0.125. The van der Waals surface area contributed by atoms with Crippen molar-refractivity contribution in [2.45, 2.75) is 18.9 Å². The predicted octanol–water partition coefficient (Wildman–Crippen LogP) is 1.17. The number of rotatable bonds is 2. The van der Waals surface area contributed by atoms with Crippen LogP contribution in [0.5, 0.6) is 0 Å². The monoisotopic (exact) mass is 235 g/mol. The minimum absolute atomic E-state index is 0.0584. The Kier molecular flexibility index (Phi) is 3.10. The molecule has 0 bridgehead atoms. The first-order chi connectivity index (χ1) is 8.11. The van der Waals surface area contributed by atoms with Gasteiger partial charge in [-0.15, -0.1) is 0 Å². The van der Waals surface area contributed by atoms with Crippen molar-refractivity contribution in [1.29, 1.82) is 0 Å². The molecule has 2 N–H and O–H groups in total. The van der Waals surface area contributed by atoms with Crippen molar-refractivity contribution in [3.63, 3.8) is 0 Å². The van der Waals surface area contributed by atoms with Crippen LogP contribution in [0.25, 0.3) is 0 Å². The number of carboxylic acid groups (broad SMARTS) is 1. The molecule has 17 heavy (non-hydrogen) atoms. The standard InChI is InChI=1S/C12H13NO4/c14-7-8-2-1-3-9(4-8)10-5-11(15)13(6-10)12(16)17/h1-4,10,14H,5-7H2,(H,16,17). The van der Waals surface area contributed by atoms with E-state index >= 15 is 0 Å². The molecule has 2 amide bonds. The zero-order valence-corrected chi connectivity index (χ0v) is 9.17. The summed E-state index contributed by atoms with van der Waals surface area (Å²) in [6.07, 6.45) is -0.989. The Morgan fingerprint density at radius 1 is 1.47 bits per heavy atom. The van der Waals surface area contributed by atoms with Crippen LogP contribution in [0.2, 0.25) is 0 Å². The smallest absolute Gasteiger partial charge is 0.414 e. The topological polar surface area (TPSA) is 77.8 Å². The maximum Gasteiger partial charge on any atom is 0.414 e. The lowest BCUT2D eigenvalue weighted by Gasteiger charge is -2.11. The van der Waals surface area contributed by atoms with E-state index in [9.17, 15) is 9.59 Å². The Balaban J connectivity index is 2.19. The number of hydrogen-bond acceptors (Lipinski definition) is 3. The van der Waals surface area contributed by atoms with E-state index in [2.05, 4.69) is 0 Å². The van der Waals surface area contributed by atoms with Gasteiger partial charge in [-0.3, -0.25) is 4.79 Å². The lowest BCUT2D eigenvalue weighted by atomic mass is 9.97. The molecule has 1 aromatic carbocycles. The average molecular weight is 235 g/mol. The largest absolute Gasteiger partial charge is 0.465 e. The van der Waals surface area contributed by atoms with E-state index in [0.717, 1.165) is 16.0 Å². The van der Waals surface area contributed by atoms with Crippen LogP contribution in [0.1, 0.15) is 23.5 Å². The highest BCUT2D eigenvalue weighted by molar-refractivity contribution is 5.93. The van der Waals surface area contributed by atoms with Gasteiger partial charge in [0.2, 0.25) is 5.91 Å². The van der Waals surface area contributed by atoms with Gasteiger partial charge in [-0.2, -0.15) is 0 Å². The molecule has 1 aliphatic heterocycles. The van der Waals surface area contributed by atoms with E-state index in [4.69, 9.17) is 10.2 Å². The minimum Gasteiger partial charge on any atom is -0.465 e. The average Bonchev–Trinajstić information content (AvgIpc) is 2.71. The number of aliphatic hydroxyl groups is 1. The Morgan fingerprint density at radius 2 is 2.24 bits per heavy atom. The summed E-state index contributed by atoms with van der Waals surface area (Å²) in [5, 5.41) is 17.8. The molecule has 1 atom stereocenters. The summed E-state index contributed by atoms with van der Waals surface area (Å²) in [6.45, 7) is 0.139. The van der Waals surface area contributed by atoms with Crippen molar-refractivity contribution in [3.8, 4) is 0 Å². The molecule has 0 spiro atoms. The molecule has 0 aromatic heterocycles. The first kappa shape index (κ1) is 11.6. The fraction of sp³-hybridized carbons (Fsp3) is 0.333. The molecular weight excluding hydrogens is 222 g/mol. The van der Waals surface area contributed by atoms with Crippen molar-refractivity contribution in [3.05, 3.63) is 35.4 Å². The third kappa shape index (κ3) is 2.29. The Hall–Kier alpha value is -1.88. The Morgan fingerprint density at radius 3 is 2.82 bits per heavy atom. The zero-order valence-electron chi connectivity index (χ0n) is 9.17. The SMILES string of the molecule is O=C(O)N1CC(c2cccc(CO)c2)CC1=O. The normalized spacial score (nSPS) is 19.7. The van der Waals surface area contributed by atoms with Gasteiger partial charge in [0.05, 0.1) is 6.61 Å². The molecule has 1 heterocycles. The summed E-state index contributed by atoms with van der Waals surface area (Å²) >= 11 is 0. The van der Waals surface area contributed by atoms with Crippen LogP contribution in [0.3, 0.4) is 0 Å². The van der Waals surface area contributed by atoms with Gasteiger partial charge < -0.3 is 10.2 Å². The van der Waals surface area contributed by atoms with Crippen molar-refractivity contribution in [1.82, 2.24) is 4.90 Å². The molecule has 5 nitrogen and oxygen atoms in total. The number of carbonyl (C=O) groups is 2. The second-order valence-electron chi connectivity index (χ2n) is 4.09. The summed E-state index contributed by atoms with van der Waals surface area (Å²) in [5.74, 6) is -0.470. The number of carbonyl (C=O) groups excluding carboxylic acids is 1. The maximum absolute atomic E-state index is 11.4. The van der Waals surface area contributed by atoms with E-state index in [1.54, 1.807) is 12.1 Å². The lowest BCUT2D eigenvalue weighted by Crippen LogP contribution is -2.30. The molecular formula is C12H13NO4. The summed E-state index contributed by atoms with van der Waals surface area (Å²) in [7, 11) is 0. The first-order valence-electron chi connectivity index (χ1n) is 5.35. The minimum atomic E-state index is -1.20. The third-order valence-corrected chi connectivity index (χ3v) is 2.96. The molecule has 1 fully saturated rings. The quantitative estimate of drug-likeness (QED) is 0.806. The van der Waals surface area contributed by atoms with E-state index in [1.807, 2.05) is 12.1 Å². The molecule has 1 aromatic rings. The number of aliphatic hydroxyl groups excluding tert-OH is 1. The van der Waals surface area contributed by atoms with Gasteiger partial charge in [-0.05, 0) is 11.1 Å². The third-order valence-electron chi connectivity index (χ3n) is 2.96. The summed E-state index contributed by atoms with van der Waals surface area (Å²) in [6, 6.07) is 7.25. The van der Waals surface area contributed by atoms with Gasteiger partial charge in [0.1, 0.15) is 0 Å². The van der Waals surface area contributed by atoms with Crippen molar-refractivity contribution < 1.29 is 19.8 Å². The van der Waals surface area contributed by atoms with E-state index in [1.165, 1.54) is 0 Å². The molecule has 1 aliphatic rings. The molecule has 90 valence electrons.